The molecule has 1 atom stereocenters. The van der Waals surface area contributed by atoms with Gasteiger partial charge in [-0.2, -0.15) is 0 Å². The lowest BCUT2D eigenvalue weighted by molar-refractivity contribution is 0.640. The molecule has 0 heterocycles. The zero-order valence-corrected chi connectivity index (χ0v) is 10.7. The van der Waals surface area contributed by atoms with Crippen LogP contribution in [-0.2, 0) is 0 Å². The quantitative estimate of drug-likeness (QED) is 0.620. The molecule has 0 aromatic rings. The van der Waals surface area contributed by atoms with Crippen LogP contribution in [0.2, 0.25) is 0 Å². The van der Waals surface area contributed by atoms with E-state index < -0.39 is 0 Å². The van der Waals surface area contributed by atoms with Crippen LogP contribution < -0.4 is 0 Å². The maximum absolute atomic E-state index is 2.40. The van der Waals surface area contributed by atoms with Crippen LogP contribution in [0.1, 0.15) is 46.5 Å². The average molecular weight is 214 g/mol. The first kappa shape index (κ1) is 11.4. The van der Waals surface area contributed by atoms with Gasteiger partial charge in [0.25, 0.3) is 0 Å². The minimum absolute atomic E-state index is 0.655. The summed E-state index contributed by atoms with van der Waals surface area (Å²) in [6.07, 6.45) is 14.2. The third-order valence-electron chi connectivity index (χ3n) is 3.73. The van der Waals surface area contributed by atoms with Crippen molar-refractivity contribution in [2.24, 2.45) is 5.92 Å². The van der Waals surface area contributed by atoms with Crippen LogP contribution in [0.25, 0.3) is 0 Å². The second-order valence-corrected chi connectivity index (χ2v) is 4.97. The van der Waals surface area contributed by atoms with Crippen molar-refractivity contribution in [2.75, 3.05) is 0 Å². The van der Waals surface area contributed by atoms with Gasteiger partial charge in [-0.15, -0.1) is 0 Å². The number of rotatable bonds is 4. The third-order valence-corrected chi connectivity index (χ3v) is 3.73. The lowest BCUT2D eigenvalue weighted by Crippen LogP contribution is -2.07. The summed E-state index contributed by atoms with van der Waals surface area (Å²) in [5, 5.41) is 0. The predicted molar refractivity (Wildman–Crippen MR) is 71.3 cm³/mol. The van der Waals surface area contributed by atoms with Crippen molar-refractivity contribution in [1.82, 2.24) is 0 Å². The fourth-order valence-corrected chi connectivity index (χ4v) is 2.94. The standard InChI is InChI=1S/C16H22/c1-4-7-15(14-8-5-6-9-14)16-12(2)10-11-13(16)3/h5,8-10,15H,4,6-7,11H2,1-3H3. The van der Waals surface area contributed by atoms with Crippen molar-refractivity contribution in [3.8, 4) is 0 Å². The average Bonchev–Trinajstić information content (AvgIpc) is 2.87. The third kappa shape index (κ3) is 2.07. The Morgan fingerprint density at radius 2 is 2.06 bits per heavy atom. The zero-order chi connectivity index (χ0) is 11.5. The molecule has 0 spiro atoms. The molecule has 0 fully saturated rings. The smallest absolute Gasteiger partial charge is 0.00881 e. The minimum atomic E-state index is 0.655. The van der Waals surface area contributed by atoms with Crippen LogP contribution in [0.3, 0.4) is 0 Å². The van der Waals surface area contributed by atoms with E-state index in [-0.39, 0.29) is 0 Å². The highest BCUT2D eigenvalue weighted by Crippen LogP contribution is 2.39. The van der Waals surface area contributed by atoms with Gasteiger partial charge in [-0.05, 0) is 44.3 Å². The minimum Gasteiger partial charge on any atom is -0.0804 e. The fourth-order valence-electron chi connectivity index (χ4n) is 2.94. The molecule has 0 amide bonds. The highest BCUT2D eigenvalue weighted by molar-refractivity contribution is 5.48. The van der Waals surface area contributed by atoms with Gasteiger partial charge in [0.1, 0.15) is 0 Å². The van der Waals surface area contributed by atoms with E-state index in [1.54, 1.807) is 16.7 Å². The molecule has 0 N–H and O–H groups in total. The SMILES string of the molecule is CCCC(C1=CCC=C1)C1=C(C)CC=C1C. The van der Waals surface area contributed by atoms with E-state index >= 15 is 0 Å². The Hall–Kier alpha value is -1.04. The van der Waals surface area contributed by atoms with Gasteiger partial charge in [0, 0.05) is 5.92 Å². The Bertz CT molecular complexity index is 388. The lowest BCUT2D eigenvalue weighted by Gasteiger charge is -2.21. The summed E-state index contributed by atoms with van der Waals surface area (Å²) in [5.41, 5.74) is 6.26. The van der Waals surface area contributed by atoms with Gasteiger partial charge < -0.3 is 0 Å². The maximum atomic E-state index is 2.40. The molecule has 2 aliphatic rings. The summed E-state index contributed by atoms with van der Waals surface area (Å²) in [7, 11) is 0. The lowest BCUT2D eigenvalue weighted by atomic mass is 9.83. The number of hydrogen-bond donors (Lipinski definition) is 0. The molecule has 0 bridgehead atoms. The van der Waals surface area contributed by atoms with E-state index in [4.69, 9.17) is 0 Å². The first-order chi connectivity index (χ1) is 7.74. The van der Waals surface area contributed by atoms with Gasteiger partial charge in [-0.1, -0.05) is 48.8 Å². The van der Waals surface area contributed by atoms with Crippen LogP contribution in [0.4, 0.5) is 0 Å². The van der Waals surface area contributed by atoms with E-state index in [1.165, 1.54) is 24.8 Å². The largest absolute Gasteiger partial charge is 0.0804 e. The van der Waals surface area contributed by atoms with Crippen LogP contribution in [0.15, 0.2) is 46.6 Å². The first-order valence-corrected chi connectivity index (χ1v) is 6.47. The maximum Gasteiger partial charge on any atom is 0.00881 e. The second kappa shape index (κ2) is 4.86. The Kier molecular flexibility index (Phi) is 3.48. The molecule has 0 aromatic heterocycles. The summed E-state index contributed by atoms with van der Waals surface area (Å²) in [4.78, 5) is 0. The number of allylic oxidation sites excluding steroid dienone is 8. The molecule has 86 valence electrons. The van der Waals surface area contributed by atoms with Crippen LogP contribution in [-0.4, -0.2) is 0 Å². The van der Waals surface area contributed by atoms with E-state index in [2.05, 4.69) is 45.1 Å². The first-order valence-electron chi connectivity index (χ1n) is 6.47. The molecular weight excluding hydrogens is 192 g/mol. The van der Waals surface area contributed by atoms with Gasteiger partial charge in [-0.3, -0.25) is 0 Å². The van der Waals surface area contributed by atoms with Crippen molar-refractivity contribution in [2.45, 2.75) is 46.5 Å². The second-order valence-electron chi connectivity index (χ2n) is 4.97. The summed E-state index contributed by atoms with van der Waals surface area (Å²) >= 11 is 0. The van der Waals surface area contributed by atoms with E-state index in [0.29, 0.717) is 5.92 Å². The monoisotopic (exact) mass is 214 g/mol. The Labute approximate surface area is 99.4 Å². The van der Waals surface area contributed by atoms with Gasteiger partial charge in [0.05, 0.1) is 0 Å². The molecule has 0 aliphatic heterocycles. The van der Waals surface area contributed by atoms with E-state index in [1.807, 2.05) is 0 Å². The van der Waals surface area contributed by atoms with E-state index in [9.17, 15) is 0 Å². The Morgan fingerprint density at radius 1 is 1.25 bits per heavy atom. The summed E-state index contributed by atoms with van der Waals surface area (Å²) in [6.45, 7) is 6.86. The van der Waals surface area contributed by atoms with Crippen LogP contribution in [0.5, 0.6) is 0 Å². The topological polar surface area (TPSA) is 0 Å². The van der Waals surface area contributed by atoms with Crippen molar-refractivity contribution < 1.29 is 0 Å². The fraction of sp³-hybridized carbons (Fsp3) is 0.500. The molecule has 2 rings (SSSR count). The van der Waals surface area contributed by atoms with Gasteiger partial charge in [0.15, 0.2) is 0 Å². The molecule has 0 heteroatoms. The van der Waals surface area contributed by atoms with Crippen molar-refractivity contribution in [3.05, 3.63) is 46.6 Å². The predicted octanol–water partition coefficient (Wildman–Crippen LogP) is 4.96. The van der Waals surface area contributed by atoms with Crippen LogP contribution >= 0.6 is 0 Å². The highest BCUT2D eigenvalue weighted by atomic mass is 14.3. The normalized spacial score (nSPS) is 21.4. The molecule has 1 unspecified atom stereocenters. The van der Waals surface area contributed by atoms with Crippen molar-refractivity contribution >= 4 is 0 Å². The van der Waals surface area contributed by atoms with Gasteiger partial charge in [0.2, 0.25) is 0 Å². The Balaban J connectivity index is 2.29. The molecule has 2 aliphatic carbocycles. The van der Waals surface area contributed by atoms with Gasteiger partial charge in [-0.25, -0.2) is 0 Å². The molecular formula is C16H22. The van der Waals surface area contributed by atoms with Crippen molar-refractivity contribution in [3.63, 3.8) is 0 Å². The molecule has 0 radical (unpaired) electrons. The van der Waals surface area contributed by atoms with Crippen molar-refractivity contribution in [1.29, 1.82) is 0 Å². The molecule has 0 nitrogen and oxygen atoms in total. The van der Waals surface area contributed by atoms with E-state index in [0.717, 1.165) is 6.42 Å². The zero-order valence-electron chi connectivity index (χ0n) is 10.7. The van der Waals surface area contributed by atoms with Gasteiger partial charge >= 0.3 is 0 Å². The summed E-state index contributed by atoms with van der Waals surface area (Å²) < 4.78 is 0. The number of hydrogen-bond acceptors (Lipinski definition) is 0. The molecule has 0 saturated heterocycles. The molecule has 0 aromatic carbocycles. The Morgan fingerprint density at radius 3 is 2.56 bits per heavy atom. The molecule has 0 saturated carbocycles. The highest BCUT2D eigenvalue weighted by Gasteiger charge is 2.23. The summed E-state index contributed by atoms with van der Waals surface area (Å²) in [6, 6.07) is 0. The summed E-state index contributed by atoms with van der Waals surface area (Å²) in [5.74, 6) is 0.655. The molecule has 16 heavy (non-hydrogen) atoms. The van der Waals surface area contributed by atoms with Crippen LogP contribution in [0, 0.1) is 5.92 Å².